The van der Waals surface area contributed by atoms with Gasteiger partial charge in [-0.25, -0.2) is 0 Å². The van der Waals surface area contributed by atoms with E-state index in [0.29, 0.717) is 24.7 Å². The Hall–Kier alpha value is 1.41. The molecule has 0 aliphatic heterocycles. The minimum absolute atomic E-state index is 0. The van der Waals surface area contributed by atoms with Gasteiger partial charge in [-0.3, -0.25) is 0 Å². The molecule has 0 unspecified atom stereocenters. The Kier molecular flexibility index (Phi) is 117. The van der Waals surface area contributed by atoms with E-state index in [4.69, 9.17) is 2.81 Å². The van der Waals surface area contributed by atoms with Gasteiger partial charge in [0, 0.05) is 0 Å². The Bertz CT molecular complexity index is 6.00. The van der Waals surface area contributed by atoms with Crippen LogP contribution in [-0.4, -0.2) is 28.5 Å². The molecular weight excluding hydrogens is 148 g/mol. The van der Waals surface area contributed by atoms with Crippen molar-refractivity contribution in [2.75, 3.05) is 0 Å². The second-order valence-electron chi connectivity index (χ2n) is 0. The van der Waals surface area contributed by atoms with Gasteiger partial charge in [0.15, 0.2) is 0 Å². The first kappa shape index (κ1) is 18.1. The van der Waals surface area contributed by atoms with Crippen LogP contribution in [0.3, 0.4) is 0 Å². The van der Waals surface area contributed by atoms with E-state index in [1.807, 2.05) is 0 Å². The van der Waals surface area contributed by atoms with Crippen molar-refractivity contribution >= 4 is 23.1 Å². The van der Waals surface area contributed by atoms with Gasteiger partial charge in [-0.2, -0.15) is 0 Å². The van der Waals surface area contributed by atoms with Crippen molar-refractivity contribution in [1.29, 1.82) is 0 Å². The summed E-state index contributed by atoms with van der Waals surface area (Å²) in [6.07, 6.45) is 0. The van der Waals surface area contributed by atoms with E-state index >= 15 is 0 Å². The number of hydrogen-bond donors (Lipinski definition) is 0. The summed E-state index contributed by atoms with van der Waals surface area (Å²) in [5.74, 6) is 0. The molecule has 1 N–H and O–H groups in total. The normalized spacial score (nSPS) is 0.750. The summed E-state index contributed by atoms with van der Waals surface area (Å²) in [6.45, 7) is 0. The third kappa shape index (κ3) is 9.96. The van der Waals surface area contributed by atoms with Crippen LogP contribution in [0.25, 0.3) is 0 Å². The van der Waals surface area contributed by atoms with Gasteiger partial charge in [0.2, 0.25) is 0 Å². The molecule has 0 fully saturated rings. The number of rotatable bonds is 0. The van der Waals surface area contributed by atoms with Gasteiger partial charge in [0.1, 0.15) is 0 Å². The third-order valence-electron chi connectivity index (χ3n) is 0. The van der Waals surface area contributed by atoms with Crippen LogP contribution >= 0.6 is 0 Å². The summed E-state index contributed by atoms with van der Waals surface area (Å²) in [5.41, 5.74) is 0. The van der Waals surface area contributed by atoms with Crippen LogP contribution in [0.2, 0.25) is 0 Å². The van der Waals surface area contributed by atoms with Crippen LogP contribution in [-0.2, 0) is 27.5 Å². The Labute approximate surface area is 55.7 Å². The van der Waals surface area contributed by atoms with E-state index in [1.54, 1.807) is 0 Å². The average molecular weight is 150 g/mol. The van der Waals surface area contributed by atoms with Gasteiger partial charge >= 0.3 is 50.6 Å². The molecule has 0 rings (SSSR count). The molecule has 0 aromatic rings. The van der Waals surface area contributed by atoms with Gasteiger partial charge in [0.25, 0.3) is 0 Å². The maximum atomic E-state index is 8.34. The molecule has 0 radical (unpaired) electrons. The number of hydrogen-bond acceptors (Lipinski definition) is 2. The molecule has 20 valence electrons. The zero-order valence-corrected chi connectivity index (χ0v) is 6.81. The quantitative estimate of drug-likeness (QED) is 0.417. The molecule has 0 aliphatic carbocycles. The second-order valence-corrected chi connectivity index (χ2v) is 0. The second kappa shape index (κ2) is 25.8. The van der Waals surface area contributed by atoms with E-state index in [2.05, 4.69) is 0 Å². The molecule has 0 aromatic carbocycles. The molecule has 2 nitrogen and oxygen atoms in total. The van der Waals surface area contributed by atoms with Crippen molar-refractivity contribution < 1.29 is 33.0 Å². The zero-order chi connectivity index (χ0) is 2.00. The van der Waals surface area contributed by atoms with Crippen molar-refractivity contribution in [3.8, 4) is 0 Å². The molecular formula is H2MgO2Zr. The van der Waals surface area contributed by atoms with Crippen LogP contribution in [0.15, 0.2) is 0 Å². The summed E-state index contributed by atoms with van der Waals surface area (Å²) in [6, 6.07) is 0. The van der Waals surface area contributed by atoms with Crippen LogP contribution < -0.4 is 0 Å². The Morgan fingerprint density at radius 2 is 1.25 bits per heavy atom. The first-order chi connectivity index (χ1) is 1.00. The molecule has 0 amide bonds. The first-order valence-electron chi connectivity index (χ1n) is 0.204. The standard InChI is InChI=1S/Mg.H2O.O.Zr.H/h;1H2;;;/q+1;;;;/p-1. The topological polar surface area (TPSA) is 47.1 Å². The van der Waals surface area contributed by atoms with E-state index in [9.17, 15) is 0 Å². The van der Waals surface area contributed by atoms with Crippen LogP contribution in [0.1, 0.15) is 0 Å². The van der Waals surface area contributed by atoms with E-state index in [-0.39, 0.29) is 28.5 Å². The SMILES string of the molecule is [MgH+].[OH-].[O]=[Zr]. The molecule has 4 heavy (non-hydrogen) atoms. The van der Waals surface area contributed by atoms with Gasteiger partial charge in [-0.15, -0.1) is 0 Å². The monoisotopic (exact) mass is 148 g/mol. The summed E-state index contributed by atoms with van der Waals surface area (Å²) in [5, 5.41) is 0. The van der Waals surface area contributed by atoms with Crippen LogP contribution in [0, 0.1) is 0 Å². The van der Waals surface area contributed by atoms with Gasteiger partial charge in [-0.05, 0) is 0 Å². The summed E-state index contributed by atoms with van der Waals surface area (Å²) < 4.78 is 8.34. The van der Waals surface area contributed by atoms with Crippen molar-refractivity contribution in [3.05, 3.63) is 0 Å². The Morgan fingerprint density at radius 1 is 1.25 bits per heavy atom. The average Bonchev–Trinajstić information content (AvgIpc) is 1.00. The molecule has 4 heteroatoms. The van der Waals surface area contributed by atoms with Crippen molar-refractivity contribution in [3.63, 3.8) is 0 Å². The molecule has 0 aliphatic rings. The predicted octanol–water partition coefficient (Wildman–Crippen LogP) is -0.947. The van der Waals surface area contributed by atoms with Gasteiger partial charge in [-0.1, -0.05) is 0 Å². The van der Waals surface area contributed by atoms with Crippen molar-refractivity contribution in [2.24, 2.45) is 0 Å². The molecule has 0 bridgehead atoms. The first-order valence-corrected chi connectivity index (χ1v) is 1.21. The molecule has 0 saturated heterocycles. The van der Waals surface area contributed by atoms with E-state index in [0.717, 1.165) is 0 Å². The van der Waals surface area contributed by atoms with Crippen molar-refractivity contribution in [2.45, 2.75) is 0 Å². The van der Waals surface area contributed by atoms with E-state index < -0.39 is 0 Å². The van der Waals surface area contributed by atoms with E-state index in [1.165, 1.54) is 0 Å². The zero-order valence-electron chi connectivity index (χ0n) is 2.36. The molecule has 0 atom stereocenters. The molecule has 0 spiro atoms. The summed E-state index contributed by atoms with van der Waals surface area (Å²) >= 11 is 0.300. The van der Waals surface area contributed by atoms with Gasteiger partial charge in [0.05, 0.1) is 0 Å². The Balaban J connectivity index is -0.00000000500. The maximum absolute atomic E-state index is 8.34. The van der Waals surface area contributed by atoms with Gasteiger partial charge < -0.3 is 5.48 Å². The fourth-order valence-corrected chi connectivity index (χ4v) is 0. The minimum atomic E-state index is 0. The summed E-state index contributed by atoms with van der Waals surface area (Å²) in [7, 11) is 0. The summed E-state index contributed by atoms with van der Waals surface area (Å²) in [4.78, 5) is 0. The fourth-order valence-electron chi connectivity index (χ4n) is 0. The fraction of sp³-hybridized carbons (Fsp3) is 0. The predicted molar refractivity (Wildman–Crippen MR) is 9.77 cm³/mol. The Morgan fingerprint density at radius 3 is 1.25 bits per heavy atom. The van der Waals surface area contributed by atoms with Crippen LogP contribution in [0.4, 0.5) is 0 Å². The molecule has 0 heterocycles. The third-order valence-corrected chi connectivity index (χ3v) is 0. The van der Waals surface area contributed by atoms with Crippen molar-refractivity contribution in [1.82, 2.24) is 0 Å². The molecule has 0 saturated carbocycles. The molecule has 0 aromatic heterocycles. The van der Waals surface area contributed by atoms with Crippen LogP contribution in [0.5, 0.6) is 0 Å².